The highest BCUT2D eigenvalue weighted by molar-refractivity contribution is 5.72. The molecule has 0 unspecified atom stereocenters. The predicted octanol–water partition coefficient (Wildman–Crippen LogP) is 1.73. The molecule has 2 aromatic heterocycles. The molecule has 2 aromatic rings. The zero-order chi connectivity index (χ0) is 14.7. The second-order valence-electron chi connectivity index (χ2n) is 5.56. The van der Waals surface area contributed by atoms with E-state index in [0.717, 1.165) is 19.3 Å². The van der Waals surface area contributed by atoms with Gasteiger partial charge < -0.3 is 0 Å². The Morgan fingerprint density at radius 3 is 2.65 bits per heavy atom. The molecular weight excluding hydrogens is 256 g/mol. The molecule has 0 aromatic carbocycles. The van der Waals surface area contributed by atoms with Gasteiger partial charge in [0.05, 0.1) is 11.7 Å². The van der Waals surface area contributed by atoms with Gasteiger partial charge in [-0.25, -0.2) is 4.79 Å². The number of hydrogen-bond acceptors (Lipinski definition) is 3. The van der Waals surface area contributed by atoms with Crippen molar-refractivity contribution in [2.75, 3.05) is 0 Å². The molecule has 0 fully saturated rings. The number of fused-ring (bicyclic) bond motifs is 1. The molecule has 0 atom stereocenters. The molecule has 1 N–H and O–H groups in total. The third-order valence-corrected chi connectivity index (χ3v) is 3.50. The average molecular weight is 278 g/mol. The largest absolute Gasteiger partial charge is 0.331 e. The van der Waals surface area contributed by atoms with E-state index < -0.39 is 0 Å². The fraction of sp³-hybridized carbons (Fsp3) is 0.643. The first kappa shape index (κ1) is 14.6. The van der Waals surface area contributed by atoms with Crippen LogP contribution in [0.3, 0.4) is 0 Å². The molecule has 20 heavy (non-hydrogen) atoms. The van der Waals surface area contributed by atoms with Gasteiger partial charge in [-0.3, -0.25) is 19.0 Å². The summed E-state index contributed by atoms with van der Waals surface area (Å²) in [5.74, 6) is 0.500. The molecule has 6 heteroatoms. The highest BCUT2D eigenvalue weighted by Gasteiger charge is 2.14. The molecule has 0 amide bonds. The highest BCUT2D eigenvalue weighted by Crippen LogP contribution is 2.07. The van der Waals surface area contributed by atoms with Gasteiger partial charge in [-0.05, 0) is 18.8 Å². The topological polar surface area (TPSA) is 72.7 Å². The summed E-state index contributed by atoms with van der Waals surface area (Å²) in [6.07, 6.45) is 4.21. The third kappa shape index (κ3) is 2.69. The Morgan fingerprint density at radius 2 is 2.00 bits per heavy atom. The maximum absolute atomic E-state index is 12.5. The van der Waals surface area contributed by atoms with E-state index in [0.29, 0.717) is 30.0 Å². The molecule has 0 bridgehead atoms. The number of unbranched alkanes of at least 4 members (excludes halogenated alkanes) is 1. The number of hydrogen-bond donors (Lipinski definition) is 1. The summed E-state index contributed by atoms with van der Waals surface area (Å²) in [4.78, 5) is 24.8. The Kier molecular flexibility index (Phi) is 4.42. The second kappa shape index (κ2) is 6.07. The summed E-state index contributed by atoms with van der Waals surface area (Å²) >= 11 is 0. The Balaban J connectivity index is 2.56. The van der Waals surface area contributed by atoms with Crippen LogP contribution in [0.15, 0.2) is 15.8 Å². The van der Waals surface area contributed by atoms with E-state index in [-0.39, 0.29) is 11.2 Å². The molecule has 0 spiro atoms. The van der Waals surface area contributed by atoms with E-state index in [2.05, 4.69) is 24.0 Å². The van der Waals surface area contributed by atoms with Gasteiger partial charge in [0, 0.05) is 13.1 Å². The standard InChI is InChI=1S/C14H22N4O2/c1-4-5-7-18-13(19)12-11(9-15-16-12)17(14(18)20)8-6-10(2)3/h9-10H,4-8H2,1-3H3,(H,15,16). The van der Waals surface area contributed by atoms with Crippen LogP contribution in [-0.2, 0) is 13.1 Å². The second-order valence-corrected chi connectivity index (χ2v) is 5.56. The van der Waals surface area contributed by atoms with Crippen LogP contribution in [0, 0.1) is 5.92 Å². The van der Waals surface area contributed by atoms with E-state index in [4.69, 9.17) is 0 Å². The van der Waals surface area contributed by atoms with Crippen molar-refractivity contribution in [1.29, 1.82) is 0 Å². The molecule has 0 radical (unpaired) electrons. The summed E-state index contributed by atoms with van der Waals surface area (Å²) in [5.41, 5.74) is 0.535. The van der Waals surface area contributed by atoms with Crippen molar-refractivity contribution >= 4 is 11.0 Å². The van der Waals surface area contributed by atoms with Crippen LogP contribution in [0.25, 0.3) is 11.0 Å². The Morgan fingerprint density at radius 1 is 1.25 bits per heavy atom. The highest BCUT2D eigenvalue weighted by atomic mass is 16.2. The van der Waals surface area contributed by atoms with E-state index >= 15 is 0 Å². The average Bonchev–Trinajstić information content (AvgIpc) is 2.87. The van der Waals surface area contributed by atoms with Gasteiger partial charge in [-0.15, -0.1) is 0 Å². The molecule has 6 nitrogen and oxygen atoms in total. The van der Waals surface area contributed by atoms with Crippen molar-refractivity contribution in [2.45, 2.75) is 53.1 Å². The monoisotopic (exact) mass is 278 g/mol. The SMILES string of the molecule is CCCCn1c(=O)c2[nH]ncc2n(CCC(C)C)c1=O. The number of aryl methyl sites for hydroxylation is 1. The van der Waals surface area contributed by atoms with Crippen molar-refractivity contribution in [1.82, 2.24) is 19.3 Å². The molecule has 2 heterocycles. The van der Waals surface area contributed by atoms with Gasteiger partial charge in [-0.1, -0.05) is 27.2 Å². The van der Waals surface area contributed by atoms with E-state index in [1.54, 1.807) is 10.8 Å². The minimum atomic E-state index is -0.267. The van der Waals surface area contributed by atoms with Crippen molar-refractivity contribution in [3.63, 3.8) is 0 Å². The summed E-state index contributed by atoms with van der Waals surface area (Å²) in [7, 11) is 0. The van der Waals surface area contributed by atoms with Crippen molar-refractivity contribution in [2.24, 2.45) is 5.92 Å². The lowest BCUT2D eigenvalue weighted by Crippen LogP contribution is -2.40. The summed E-state index contributed by atoms with van der Waals surface area (Å²) in [6.45, 7) is 7.34. The molecule has 2 rings (SSSR count). The third-order valence-electron chi connectivity index (χ3n) is 3.50. The number of nitrogens with zero attached hydrogens (tertiary/aromatic N) is 3. The number of H-pyrrole nitrogens is 1. The Hall–Kier alpha value is -1.85. The smallest absolute Gasteiger partial charge is 0.290 e. The zero-order valence-corrected chi connectivity index (χ0v) is 12.3. The maximum atomic E-state index is 12.5. The van der Waals surface area contributed by atoms with Gasteiger partial charge in [0.2, 0.25) is 0 Å². The van der Waals surface area contributed by atoms with Gasteiger partial charge in [0.15, 0.2) is 0 Å². The first-order valence-electron chi connectivity index (χ1n) is 7.23. The van der Waals surface area contributed by atoms with Crippen molar-refractivity contribution < 1.29 is 0 Å². The van der Waals surface area contributed by atoms with Gasteiger partial charge in [0.25, 0.3) is 5.56 Å². The maximum Gasteiger partial charge on any atom is 0.331 e. The van der Waals surface area contributed by atoms with Crippen LogP contribution < -0.4 is 11.2 Å². The van der Waals surface area contributed by atoms with Gasteiger partial charge in [-0.2, -0.15) is 5.10 Å². The molecular formula is C14H22N4O2. The number of aromatic amines is 1. The van der Waals surface area contributed by atoms with Gasteiger partial charge in [0.1, 0.15) is 5.52 Å². The lowest BCUT2D eigenvalue weighted by molar-refractivity contribution is 0.486. The van der Waals surface area contributed by atoms with Crippen LogP contribution in [0.5, 0.6) is 0 Å². The fourth-order valence-electron chi connectivity index (χ4n) is 2.23. The van der Waals surface area contributed by atoms with Crippen molar-refractivity contribution in [3.05, 3.63) is 27.0 Å². The van der Waals surface area contributed by atoms with Crippen LogP contribution >= 0.6 is 0 Å². The Labute approximate surface area is 117 Å². The minimum Gasteiger partial charge on any atom is -0.290 e. The lowest BCUT2D eigenvalue weighted by Gasteiger charge is -2.12. The number of aromatic nitrogens is 4. The first-order valence-corrected chi connectivity index (χ1v) is 7.23. The van der Waals surface area contributed by atoms with E-state index in [9.17, 15) is 9.59 Å². The number of rotatable bonds is 6. The fourth-order valence-corrected chi connectivity index (χ4v) is 2.23. The van der Waals surface area contributed by atoms with Gasteiger partial charge >= 0.3 is 5.69 Å². The molecule has 0 saturated heterocycles. The first-order chi connectivity index (χ1) is 9.56. The minimum absolute atomic E-state index is 0.224. The lowest BCUT2D eigenvalue weighted by atomic mass is 10.1. The Bertz CT molecular complexity index is 693. The molecule has 0 aliphatic heterocycles. The summed E-state index contributed by atoms with van der Waals surface area (Å²) in [6, 6.07) is 0. The zero-order valence-electron chi connectivity index (χ0n) is 12.3. The molecule has 110 valence electrons. The van der Waals surface area contributed by atoms with Crippen LogP contribution in [0.4, 0.5) is 0 Å². The molecule has 0 aliphatic rings. The predicted molar refractivity (Wildman–Crippen MR) is 79.0 cm³/mol. The van der Waals surface area contributed by atoms with E-state index in [1.165, 1.54) is 4.57 Å². The molecule has 0 aliphatic carbocycles. The van der Waals surface area contributed by atoms with Crippen LogP contribution in [-0.4, -0.2) is 19.3 Å². The molecule has 0 saturated carbocycles. The van der Waals surface area contributed by atoms with Crippen LogP contribution in [0.1, 0.15) is 40.0 Å². The van der Waals surface area contributed by atoms with Crippen LogP contribution in [0.2, 0.25) is 0 Å². The summed E-state index contributed by atoms with van der Waals surface area (Å²) < 4.78 is 2.99. The normalized spacial score (nSPS) is 11.6. The summed E-state index contributed by atoms with van der Waals surface area (Å²) in [5, 5.41) is 6.63. The van der Waals surface area contributed by atoms with Crippen molar-refractivity contribution in [3.8, 4) is 0 Å². The number of nitrogens with one attached hydrogen (secondary N) is 1. The quantitative estimate of drug-likeness (QED) is 0.874. The van der Waals surface area contributed by atoms with E-state index in [1.807, 2.05) is 6.92 Å².